The number of nitrogens with zero attached hydrogens (tertiary/aromatic N) is 2. The molecule has 2 unspecified atom stereocenters. The maximum absolute atomic E-state index is 4.13. The van der Waals surface area contributed by atoms with Crippen LogP contribution in [0.1, 0.15) is 108 Å². The lowest BCUT2D eigenvalue weighted by Gasteiger charge is -2.39. The number of hydrogen-bond donors (Lipinski definition) is 7. The number of para-hydroxylation sites is 1. The Hall–Kier alpha value is -6.76. The summed E-state index contributed by atoms with van der Waals surface area (Å²) in [5, 5.41) is 1.40. The molecular weight excluding hydrogens is 1120 g/mol. The minimum Gasteiger partial charge on any atom is -0.468 e. The van der Waals surface area contributed by atoms with E-state index in [1.807, 2.05) is 0 Å². The molecular formula is C83H109N9. The van der Waals surface area contributed by atoms with Gasteiger partial charge in [0.05, 0.1) is 90.3 Å². The number of quaternary nitrogens is 6. The van der Waals surface area contributed by atoms with Crippen molar-refractivity contribution in [2.24, 2.45) is 0 Å². The van der Waals surface area contributed by atoms with E-state index >= 15 is 0 Å². The van der Waals surface area contributed by atoms with E-state index in [0.717, 1.165) is 71.7 Å². The van der Waals surface area contributed by atoms with Crippen LogP contribution in [0, 0.1) is 42.3 Å². The third kappa shape index (κ3) is 17.9. The highest BCUT2D eigenvalue weighted by Crippen LogP contribution is 2.44. The van der Waals surface area contributed by atoms with E-state index in [9.17, 15) is 0 Å². The van der Waals surface area contributed by atoms with Gasteiger partial charge in [-0.25, -0.2) is 0 Å². The summed E-state index contributed by atoms with van der Waals surface area (Å²) in [7, 11) is 24.4. The lowest BCUT2D eigenvalue weighted by Crippen LogP contribution is -3.10. The zero-order chi connectivity index (χ0) is 62.8. The average molecular weight is 1230 g/mol. The monoisotopic (exact) mass is 1230 g/mol. The summed E-state index contributed by atoms with van der Waals surface area (Å²) in [5.41, 5.74) is 18.3. The molecule has 2 aliphatic carbocycles. The van der Waals surface area contributed by atoms with E-state index in [4.69, 9.17) is 0 Å². The van der Waals surface area contributed by atoms with Gasteiger partial charge in [-0.15, -0.1) is 0 Å². The number of H-pyrrole nitrogens is 1. The van der Waals surface area contributed by atoms with Crippen molar-refractivity contribution in [2.45, 2.75) is 88.8 Å². The maximum atomic E-state index is 4.13. The van der Waals surface area contributed by atoms with Gasteiger partial charge in [-0.2, -0.15) is 42.3 Å². The maximum Gasteiger partial charge on any atom is 0.0942 e. The van der Waals surface area contributed by atoms with Crippen LogP contribution in [0.3, 0.4) is 0 Å². The van der Waals surface area contributed by atoms with Gasteiger partial charge in [0.2, 0.25) is 0 Å². The SMILES string of the molecule is C.[CH2-][NH+]1CC=C(c2ccccc2)CC1.[CH2-][NH+]1CCC2(C=Cc3ccccc32)CC1.[CH2-][NH+]1CCC2(CCc3ccccc32)CC1.[CH2-][NH+]1CCN(C(c2ccccc2)c2ccccc2)CC1.[CH2-][NH+]1CCN(Cc2ccccc2)CC1.[CH2-][NH+]1CCc2c([nH]c3ccccc23)C1. The van der Waals surface area contributed by atoms with Crippen LogP contribution in [0.5, 0.6) is 0 Å². The smallest absolute Gasteiger partial charge is 0.0942 e. The zero-order valence-corrected chi connectivity index (χ0v) is 54.6. The molecule has 486 valence electrons. The molecule has 2 spiro atoms. The lowest BCUT2D eigenvalue weighted by atomic mass is 9.74. The Bertz CT molecular complexity index is 3460. The molecule has 0 radical (unpaired) electrons. The second-order valence-corrected chi connectivity index (χ2v) is 27.1. The van der Waals surface area contributed by atoms with Crippen LogP contribution in [0.2, 0.25) is 0 Å². The van der Waals surface area contributed by atoms with Gasteiger partial charge in [0, 0.05) is 93.0 Å². The molecule has 0 amide bonds. The number of piperazine rings is 2. The number of rotatable bonds is 6. The summed E-state index contributed by atoms with van der Waals surface area (Å²) in [6.07, 6.45) is 17.2. The zero-order valence-electron chi connectivity index (χ0n) is 54.6. The Kier molecular flexibility index (Phi) is 24.7. The fraction of sp³-hybridized carbons (Fsp3) is 0.349. The third-order valence-electron chi connectivity index (χ3n) is 20.8. The number of hydrogen-bond acceptors (Lipinski definition) is 2. The van der Waals surface area contributed by atoms with E-state index < -0.39 is 0 Å². The van der Waals surface area contributed by atoms with Gasteiger partial charge >= 0.3 is 0 Å². The average Bonchev–Trinajstić information content (AvgIpc) is 1.66. The van der Waals surface area contributed by atoms with E-state index in [1.54, 1.807) is 11.1 Å². The van der Waals surface area contributed by atoms with Gasteiger partial charge in [0.1, 0.15) is 0 Å². The Morgan fingerprint density at radius 1 is 0.457 bits per heavy atom. The van der Waals surface area contributed by atoms with E-state index in [2.05, 4.69) is 269 Å². The number of benzene rings is 7. The first kappa shape index (κ1) is 68.1. The number of piperidine rings is 2. The second kappa shape index (κ2) is 33.4. The van der Waals surface area contributed by atoms with Crippen LogP contribution in [-0.4, -0.2) is 113 Å². The van der Waals surface area contributed by atoms with Gasteiger partial charge in [0.25, 0.3) is 0 Å². The van der Waals surface area contributed by atoms with E-state index in [0.29, 0.717) is 16.9 Å². The molecule has 7 aromatic carbocycles. The van der Waals surface area contributed by atoms with Gasteiger partial charge < -0.3 is 34.4 Å². The number of fused-ring (bicyclic) bond motifs is 7. The Morgan fingerprint density at radius 2 is 0.978 bits per heavy atom. The summed E-state index contributed by atoms with van der Waals surface area (Å²) in [6, 6.07) is 69.7. The van der Waals surface area contributed by atoms with E-state index in [-0.39, 0.29) is 7.43 Å². The molecule has 4 saturated heterocycles. The van der Waals surface area contributed by atoms with Crippen LogP contribution in [0.4, 0.5) is 0 Å². The largest absolute Gasteiger partial charge is 0.468 e. The standard InChI is InChI=1S/C18H22N2.C14H19N.C14H17N.C12H14N2.C12H18N2.C12H15N.CH4/c1-19-12-14-20(15-13-19)18(16-8-4-2-5-9-16)17-10-6-3-7-11-17;2*1-15-10-8-14(9-11-15)7-6-12-4-2-3-5-13(12)14;1-14-7-6-10-9-4-2-3-5-11(9)13-12(10)8-14;1-13-7-9-14(10-8-13)11-12-5-3-2-4-6-12;1-13-9-7-12(8-10-13)11-5-3-2-4-6-11;/h2-11,18-19H,1,12-15H2;2-5,15H,1,6-11H2;2-7,15H,1,8-11H2;2-5,13-14H,1,6-8H2;2-6,13H,1,7-11H2;2-7,13H,1,8-10H2;1H4. The highest BCUT2D eigenvalue weighted by molar-refractivity contribution is 5.84. The molecule has 1 aromatic heterocycles. The molecule has 0 bridgehead atoms. The minimum atomic E-state index is 0. The Morgan fingerprint density at radius 3 is 1.61 bits per heavy atom. The normalized spacial score (nSPS) is 24.2. The molecule has 8 aliphatic rings. The lowest BCUT2D eigenvalue weighted by molar-refractivity contribution is -0.870. The van der Waals surface area contributed by atoms with Crippen molar-refractivity contribution in [2.75, 3.05) is 98.2 Å². The summed E-state index contributed by atoms with van der Waals surface area (Å²) in [5.74, 6) is 0. The Balaban J connectivity index is 0.000000121. The third-order valence-corrected chi connectivity index (χ3v) is 20.8. The molecule has 6 aliphatic heterocycles. The molecule has 7 N–H and O–H groups in total. The first-order valence-electron chi connectivity index (χ1n) is 34.3. The molecule has 7 heterocycles. The predicted octanol–water partition coefficient (Wildman–Crippen LogP) is 7.40. The van der Waals surface area contributed by atoms with Crippen LogP contribution < -0.4 is 29.4 Å². The molecule has 4 fully saturated rings. The summed E-state index contributed by atoms with van der Waals surface area (Å²) in [6.45, 7) is 19.5. The highest BCUT2D eigenvalue weighted by atomic mass is 15.3. The van der Waals surface area contributed by atoms with Gasteiger partial charge in [-0.05, 0) is 80.6 Å². The summed E-state index contributed by atoms with van der Waals surface area (Å²) < 4.78 is 0. The fourth-order valence-electron chi connectivity index (χ4n) is 15.2. The van der Waals surface area contributed by atoms with Crippen molar-refractivity contribution >= 4 is 22.6 Å². The molecule has 16 rings (SSSR count). The first-order valence-corrected chi connectivity index (χ1v) is 34.3. The molecule has 9 nitrogen and oxygen atoms in total. The number of nitrogens with one attached hydrogen (secondary N) is 7. The number of allylic oxidation sites excluding steroid dienone is 1. The summed E-state index contributed by atoms with van der Waals surface area (Å²) >= 11 is 0. The highest BCUT2D eigenvalue weighted by Gasteiger charge is 2.41. The van der Waals surface area contributed by atoms with Crippen molar-refractivity contribution in [3.05, 3.63) is 304 Å². The van der Waals surface area contributed by atoms with Crippen LogP contribution in [-0.2, 0) is 36.8 Å². The first-order chi connectivity index (χ1) is 44.5. The minimum absolute atomic E-state index is 0. The summed E-state index contributed by atoms with van der Waals surface area (Å²) in [4.78, 5) is 17.0. The fourth-order valence-corrected chi connectivity index (χ4v) is 15.2. The molecule has 2 atom stereocenters. The topological polar surface area (TPSA) is 48.9 Å². The number of aromatic amines is 1. The molecule has 8 aromatic rings. The quantitative estimate of drug-likeness (QED) is 0.0890. The number of aryl methyl sites for hydroxylation is 1. The molecule has 9 heteroatoms. The van der Waals surface area contributed by atoms with Crippen molar-refractivity contribution in [3.8, 4) is 0 Å². The molecule has 0 saturated carbocycles. The van der Waals surface area contributed by atoms with Crippen molar-refractivity contribution < 1.29 is 29.4 Å². The van der Waals surface area contributed by atoms with Gasteiger partial charge in [-0.3, -0.25) is 9.80 Å². The van der Waals surface area contributed by atoms with Crippen LogP contribution in [0.15, 0.2) is 206 Å². The Labute approximate surface area is 555 Å². The second-order valence-electron chi connectivity index (χ2n) is 27.1. The van der Waals surface area contributed by atoms with Crippen molar-refractivity contribution in [1.29, 1.82) is 0 Å². The predicted molar refractivity (Wildman–Crippen MR) is 383 cm³/mol. The van der Waals surface area contributed by atoms with E-state index in [1.165, 1.54) is 181 Å². The number of aromatic nitrogens is 1. The van der Waals surface area contributed by atoms with Crippen LogP contribution >= 0.6 is 0 Å². The van der Waals surface area contributed by atoms with Gasteiger partial charge in [-0.1, -0.05) is 208 Å². The van der Waals surface area contributed by atoms with Crippen molar-refractivity contribution in [1.82, 2.24) is 14.8 Å². The van der Waals surface area contributed by atoms with Crippen LogP contribution in [0.25, 0.3) is 22.6 Å². The number of likely N-dealkylation sites (tertiary alicyclic amines) is 2. The molecule has 92 heavy (non-hydrogen) atoms. The van der Waals surface area contributed by atoms with Gasteiger partial charge in [0.15, 0.2) is 0 Å². The van der Waals surface area contributed by atoms with Crippen molar-refractivity contribution in [3.63, 3.8) is 0 Å².